The van der Waals surface area contributed by atoms with Crippen molar-refractivity contribution in [3.05, 3.63) is 75.8 Å². The number of aromatic nitrogens is 3. The summed E-state index contributed by atoms with van der Waals surface area (Å²) in [5.74, 6) is 1.11. The Morgan fingerprint density at radius 3 is 2.87 bits per heavy atom. The number of amides is 1. The third-order valence-electron chi connectivity index (χ3n) is 6.07. The molecule has 1 aliphatic carbocycles. The quantitative estimate of drug-likeness (QED) is 0.554. The van der Waals surface area contributed by atoms with Gasteiger partial charge in [-0.2, -0.15) is 5.10 Å². The van der Waals surface area contributed by atoms with Crippen LogP contribution in [0.4, 0.5) is 0 Å². The van der Waals surface area contributed by atoms with Gasteiger partial charge in [0.1, 0.15) is 23.6 Å². The van der Waals surface area contributed by atoms with E-state index in [-0.39, 0.29) is 24.1 Å². The lowest BCUT2D eigenvalue weighted by Gasteiger charge is -2.26. The third-order valence-corrected chi connectivity index (χ3v) is 6.07. The molecule has 7 nitrogen and oxygen atoms in total. The predicted molar refractivity (Wildman–Crippen MR) is 119 cm³/mol. The molecule has 1 aliphatic rings. The van der Waals surface area contributed by atoms with E-state index in [2.05, 4.69) is 22.5 Å². The molecular formula is C24H24N4O3. The first kappa shape index (κ1) is 19.4. The van der Waals surface area contributed by atoms with E-state index in [1.165, 1.54) is 15.8 Å². The van der Waals surface area contributed by atoms with E-state index < -0.39 is 0 Å². The summed E-state index contributed by atoms with van der Waals surface area (Å²) in [5, 5.41) is 8.36. The van der Waals surface area contributed by atoms with Crippen molar-refractivity contribution < 1.29 is 9.53 Å². The summed E-state index contributed by atoms with van der Waals surface area (Å²) in [6.45, 7) is 1.71. The zero-order valence-corrected chi connectivity index (χ0v) is 17.6. The minimum atomic E-state index is -0.303. The van der Waals surface area contributed by atoms with Crippen LogP contribution >= 0.6 is 0 Å². The van der Waals surface area contributed by atoms with Crippen LogP contribution in [0, 0.1) is 6.92 Å². The van der Waals surface area contributed by atoms with Gasteiger partial charge in [0.15, 0.2) is 0 Å². The second-order valence-electron chi connectivity index (χ2n) is 7.98. The number of hydrogen-bond acceptors (Lipinski definition) is 4. The predicted octanol–water partition coefficient (Wildman–Crippen LogP) is 3.16. The first-order valence-electron chi connectivity index (χ1n) is 10.5. The fourth-order valence-corrected chi connectivity index (χ4v) is 4.67. The molecule has 2 heterocycles. The maximum Gasteiger partial charge on any atom is 0.291 e. The standard InChI is InChI=1S/C24H24N4O3/c1-15-26-27(14-23(29)25-19-10-5-8-16-7-3-4-9-17(16)19)24(30)21-13-18-20(28(15)21)11-6-12-22(18)31-2/h3-4,6-7,9,11-13,19H,5,8,10,14H2,1-2H3,(H,25,29)/t19-/m1/s1. The van der Waals surface area contributed by atoms with Crippen molar-refractivity contribution in [3.63, 3.8) is 0 Å². The lowest BCUT2D eigenvalue weighted by Crippen LogP contribution is -2.37. The number of nitrogens with one attached hydrogen (secondary N) is 1. The highest BCUT2D eigenvalue weighted by atomic mass is 16.5. The summed E-state index contributed by atoms with van der Waals surface area (Å²) in [4.78, 5) is 26.0. The Morgan fingerprint density at radius 1 is 1.19 bits per heavy atom. The minimum Gasteiger partial charge on any atom is -0.496 e. The van der Waals surface area contributed by atoms with Gasteiger partial charge in [-0.05, 0) is 55.5 Å². The molecule has 0 saturated carbocycles. The number of carbonyl (C=O) groups excluding carboxylic acids is 1. The van der Waals surface area contributed by atoms with Crippen molar-refractivity contribution in [1.29, 1.82) is 0 Å². The van der Waals surface area contributed by atoms with Crippen molar-refractivity contribution in [1.82, 2.24) is 19.5 Å². The monoisotopic (exact) mass is 416 g/mol. The number of aryl methyl sites for hydroxylation is 2. The number of rotatable bonds is 4. The fraction of sp³-hybridized carbons (Fsp3) is 0.292. The molecule has 5 rings (SSSR count). The number of carbonyl (C=O) groups is 1. The van der Waals surface area contributed by atoms with Crippen LogP contribution in [0.5, 0.6) is 5.75 Å². The van der Waals surface area contributed by atoms with E-state index in [9.17, 15) is 9.59 Å². The molecule has 1 N–H and O–H groups in total. The molecule has 0 spiro atoms. The van der Waals surface area contributed by atoms with Crippen LogP contribution < -0.4 is 15.6 Å². The van der Waals surface area contributed by atoms with Crippen LogP contribution in [0.3, 0.4) is 0 Å². The highest BCUT2D eigenvalue weighted by molar-refractivity contribution is 5.92. The van der Waals surface area contributed by atoms with Crippen LogP contribution in [0.25, 0.3) is 16.4 Å². The second kappa shape index (κ2) is 7.58. The van der Waals surface area contributed by atoms with E-state index in [0.29, 0.717) is 17.1 Å². The molecule has 2 aromatic heterocycles. The molecule has 2 aromatic carbocycles. The molecule has 0 fully saturated rings. The number of nitrogens with zero attached hydrogens (tertiary/aromatic N) is 3. The topological polar surface area (TPSA) is 77.6 Å². The van der Waals surface area contributed by atoms with Gasteiger partial charge in [-0.15, -0.1) is 0 Å². The number of methoxy groups -OCH3 is 1. The SMILES string of the molecule is COc1cccc2c1cc1c(=O)n(CC(=O)N[C@@H]3CCCc4ccccc43)nc(C)n12. The molecule has 0 radical (unpaired) electrons. The maximum absolute atomic E-state index is 13.1. The van der Waals surface area contributed by atoms with E-state index in [1.54, 1.807) is 13.2 Å². The van der Waals surface area contributed by atoms with Gasteiger partial charge in [-0.1, -0.05) is 30.3 Å². The summed E-state index contributed by atoms with van der Waals surface area (Å²) < 4.78 is 8.50. The molecule has 0 bridgehead atoms. The van der Waals surface area contributed by atoms with Crippen molar-refractivity contribution in [2.24, 2.45) is 0 Å². The van der Waals surface area contributed by atoms with Crippen LogP contribution in [0.1, 0.15) is 35.8 Å². The third kappa shape index (κ3) is 3.26. The summed E-state index contributed by atoms with van der Waals surface area (Å²) >= 11 is 0. The number of ether oxygens (including phenoxy) is 1. The molecule has 1 atom stereocenters. The average Bonchev–Trinajstić information content (AvgIpc) is 3.18. The van der Waals surface area contributed by atoms with Gasteiger partial charge in [0.05, 0.1) is 18.7 Å². The zero-order chi connectivity index (χ0) is 21.5. The number of fused-ring (bicyclic) bond motifs is 4. The normalized spacial score (nSPS) is 15.7. The molecule has 4 aromatic rings. The maximum atomic E-state index is 13.1. The number of benzene rings is 2. The van der Waals surface area contributed by atoms with Crippen LogP contribution in [-0.2, 0) is 17.8 Å². The molecule has 0 aliphatic heterocycles. The van der Waals surface area contributed by atoms with Crippen molar-refractivity contribution >= 4 is 22.3 Å². The molecule has 0 unspecified atom stereocenters. The summed E-state index contributed by atoms with van der Waals surface area (Å²) in [6.07, 6.45) is 2.96. The number of hydrogen-bond donors (Lipinski definition) is 1. The summed E-state index contributed by atoms with van der Waals surface area (Å²) in [7, 11) is 1.61. The molecule has 31 heavy (non-hydrogen) atoms. The molecular weight excluding hydrogens is 392 g/mol. The summed E-state index contributed by atoms with van der Waals surface area (Å²) in [6, 6.07) is 15.7. The Bertz CT molecular complexity index is 1370. The Balaban J connectivity index is 1.47. The largest absolute Gasteiger partial charge is 0.496 e. The molecule has 7 heteroatoms. The van der Waals surface area contributed by atoms with Crippen molar-refractivity contribution in [3.8, 4) is 5.75 Å². The lowest BCUT2D eigenvalue weighted by molar-refractivity contribution is -0.122. The van der Waals surface area contributed by atoms with E-state index >= 15 is 0 Å². The van der Waals surface area contributed by atoms with E-state index in [4.69, 9.17) is 4.74 Å². The molecule has 0 saturated heterocycles. The molecule has 158 valence electrons. The van der Waals surface area contributed by atoms with Crippen LogP contribution in [-0.4, -0.2) is 27.2 Å². The van der Waals surface area contributed by atoms with Gasteiger partial charge < -0.3 is 10.1 Å². The van der Waals surface area contributed by atoms with E-state index in [0.717, 1.165) is 30.2 Å². The lowest BCUT2D eigenvalue weighted by atomic mass is 9.88. The minimum absolute atomic E-state index is 0.0295. The van der Waals surface area contributed by atoms with E-state index in [1.807, 2.05) is 41.7 Å². The first-order valence-corrected chi connectivity index (χ1v) is 10.5. The van der Waals surface area contributed by atoms with Crippen LogP contribution in [0.2, 0.25) is 0 Å². The van der Waals surface area contributed by atoms with Crippen molar-refractivity contribution in [2.75, 3.05) is 7.11 Å². The van der Waals surface area contributed by atoms with Crippen LogP contribution in [0.15, 0.2) is 53.3 Å². The van der Waals surface area contributed by atoms with Crippen molar-refractivity contribution in [2.45, 2.75) is 38.8 Å². The van der Waals surface area contributed by atoms with Gasteiger partial charge in [0.25, 0.3) is 5.56 Å². The summed E-state index contributed by atoms with van der Waals surface area (Å²) in [5.41, 5.74) is 3.47. The Kier molecular flexibility index (Phi) is 4.73. The highest BCUT2D eigenvalue weighted by Crippen LogP contribution is 2.30. The fourth-order valence-electron chi connectivity index (χ4n) is 4.67. The molecule has 1 amide bonds. The Labute approximate surface area is 179 Å². The van der Waals surface area contributed by atoms with Gasteiger partial charge in [-0.25, -0.2) is 4.68 Å². The van der Waals surface area contributed by atoms with Gasteiger partial charge in [0, 0.05) is 5.39 Å². The van der Waals surface area contributed by atoms with Gasteiger partial charge >= 0.3 is 0 Å². The highest BCUT2D eigenvalue weighted by Gasteiger charge is 2.22. The first-order chi connectivity index (χ1) is 15.1. The van der Waals surface area contributed by atoms with Gasteiger partial charge in [-0.3, -0.25) is 14.0 Å². The smallest absolute Gasteiger partial charge is 0.291 e. The zero-order valence-electron chi connectivity index (χ0n) is 17.6. The second-order valence-corrected chi connectivity index (χ2v) is 7.98. The Morgan fingerprint density at radius 2 is 2.03 bits per heavy atom. The Hall–Kier alpha value is -3.61. The average molecular weight is 416 g/mol. The van der Waals surface area contributed by atoms with Gasteiger partial charge in [0.2, 0.25) is 5.91 Å².